The molecule has 1 unspecified atom stereocenters. The number of carbonyl (C=O) groups excluding carboxylic acids is 2. The number of amides is 3. The van der Waals surface area contributed by atoms with Crippen molar-refractivity contribution in [3.05, 3.63) is 30.3 Å². The summed E-state index contributed by atoms with van der Waals surface area (Å²) in [5, 5.41) is 8.60. The van der Waals surface area contributed by atoms with Gasteiger partial charge in [0, 0.05) is 12.2 Å². The van der Waals surface area contributed by atoms with Crippen molar-refractivity contribution in [2.24, 2.45) is 23.2 Å². The summed E-state index contributed by atoms with van der Waals surface area (Å²) >= 11 is 0. The molecule has 3 amide bonds. The van der Waals surface area contributed by atoms with Gasteiger partial charge in [-0.05, 0) is 80.8 Å². The van der Waals surface area contributed by atoms with Crippen molar-refractivity contribution in [1.82, 2.24) is 10.6 Å². The molecule has 4 saturated carbocycles. The van der Waals surface area contributed by atoms with Crippen LogP contribution in [-0.4, -0.2) is 24.5 Å². The van der Waals surface area contributed by atoms with Gasteiger partial charge in [0.2, 0.25) is 5.91 Å². The summed E-state index contributed by atoms with van der Waals surface area (Å²) in [6, 6.07) is 8.34. The molecule has 4 aliphatic carbocycles. The Morgan fingerprint density at radius 1 is 1.04 bits per heavy atom. The van der Waals surface area contributed by atoms with E-state index in [0.717, 1.165) is 24.3 Å². The lowest BCUT2D eigenvalue weighted by Crippen LogP contribution is -2.53. The van der Waals surface area contributed by atoms with E-state index in [0.29, 0.717) is 11.1 Å². The van der Waals surface area contributed by atoms with Gasteiger partial charge in [0.05, 0.1) is 0 Å². The topological polar surface area (TPSA) is 70.2 Å². The van der Waals surface area contributed by atoms with Crippen LogP contribution >= 0.6 is 0 Å². The van der Waals surface area contributed by atoms with E-state index in [4.69, 9.17) is 0 Å². The van der Waals surface area contributed by atoms with Crippen LogP contribution in [0.15, 0.2) is 30.3 Å². The van der Waals surface area contributed by atoms with Crippen molar-refractivity contribution in [3.8, 4) is 0 Å². The largest absolute Gasteiger partial charge is 0.354 e. The molecule has 0 radical (unpaired) electrons. The zero-order valence-corrected chi connectivity index (χ0v) is 15.5. The van der Waals surface area contributed by atoms with Crippen molar-refractivity contribution < 1.29 is 9.59 Å². The number of rotatable bonds is 5. The number of nitrogens with one attached hydrogen (secondary N) is 3. The first-order valence-corrected chi connectivity index (χ1v) is 9.92. The number of urea groups is 1. The fraction of sp³-hybridized carbons (Fsp3) is 0.619. The predicted molar refractivity (Wildman–Crippen MR) is 102 cm³/mol. The van der Waals surface area contributed by atoms with E-state index in [-0.39, 0.29) is 11.9 Å². The van der Waals surface area contributed by atoms with Crippen LogP contribution in [0.3, 0.4) is 0 Å². The van der Waals surface area contributed by atoms with Crippen molar-refractivity contribution in [3.63, 3.8) is 0 Å². The predicted octanol–water partition coefficient (Wildman–Crippen LogP) is 3.53. The average molecular weight is 355 g/mol. The second-order valence-corrected chi connectivity index (χ2v) is 8.82. The molecule has 0 aromatic heterocycles. The highest BCUT2D eigenvalue weighted by Crippen LogP contribution is 2.59. The number of para-hydroxylation sites is 1. The Bertz CT molecular complexity index is 638. The Morgan fingerprint density at radius 2 is 1.62 bits per heavy atom. The van der Waals surface area contributed by atoms with Gasteiger partial charge < -0.3 is 16.0 Å². The Balaban J connectivity index is 1.26. The first kappa shape index (κ1) is 17.4. The summed E-state index contributed by atoms with van der Waals surface area (Å²) in [6.07, 6.45) is 8.04. The Hall–Kier alpha value is -2.04. The van der Waals surface area contributed by atoms with Gasteiger partial charge in [0.15, 0.2) is 0 Å². The smallest absolute Gasteiger partial charge is 0.319 e. The van der Waals surface area contributed by atoms with Crippen LogP contribution in [-0.2, 0) is 4.79 Å². The highest BCUT2D eigenvalue weighted by Gasteiger charge is 2.50. The third-order valence-electron chi connectivity index (χ3n) is 6.58. The highest BCUT2D eigenvalue weighted by molar-refractivity contribution is 5.93. The molecule has 4 bridgehead atoms. The van der Waals surface area contributed by atoms with Crippen LogP contribution in [0.5, 0.6) is 0 Å². The fourth-order valence-corrected chi connectivity index (χ4v) is 5.89. The SMILES string of the molecule is CC(NC(=O)Nc1ccccc1)C(=O)NCC12CC3CC(CC(C3)C1)C2. The minimum atomic E-state index is -0.548. The maximum atomic E-state index is 12.5. The fourth-order valence-electron chi connectivity index (χ4n) is 5.89. The molecule has 140 valence electrons. The normalized spacial score (nSPS) is 32.7. The molecule has 26 heavy (non-hydrogen) atoms. The minimum Gasteiger partial charge on any atom is -0.354 e. The van der Waals surface area contributed by atoms with Gasteiger partial charge in [-0.3, -0.25) is 4.79 Å². The Labute approximate surface area is 155 Å². The molecule has 5 nitrogen and oxygen atoms in total. The van der Waals surface area contributed by atoms with Gasteiger partial charge in [-0.15, -0.1) is 0 Å². The van der Waals surface area contributed by atoms with Crippen LogP contribution in [0.1, 0.15) is 45.4 Å². The molecule has 0 aliphatic heterocycles. The first-order valence-electron chi connectivity index (χ1n) is 9.92. The number of hydrogen-bond donors (Lipinski definition) is 3. The van der Waals surface area contributed by atoms with Crippen LogP contribution in [0.4, 0.5) is 10.5 Å². The quantitative estimate of drug-likeness (QED) is 0.756. The van der Waals surface area contributed by atoms with Gasteiger partial charge in [0.25, 0.3) is 0 Å². The number of anilines is 1. The van der Waals surface area contributed by atoms with Gasteiger partial charge in [-0.1, -0.05) is 18.2 Å². The number of hydrogen-bond acceptors (Lipinski definition) is 2. The van der Waals surface area contributed by atoms with E-state index in [1.807, 2.05) is 30.3 Å². The molecule has 0 saturated heterocycles. The zero-order chi connectivity index (χ0) is 18.1. The van der Waals surface area contributed by atoms with E-state index < -0.39 is 6.04 Å². The highest BCUT2D eigenvalue weighted by atomic mass is 16.2. The van der Waals surface area contributed by atoms with E-state index >= 15 is 0 Å². The van der Waals surface area contributed by atoms with Crippen LogP contribution in [0.2, 0.25) is 0 Å². The maximum Gasteiger partial charge on any atom is 0.319 e. The molecule has 5 heteroatoms. The van der Waals surface area contributed by atoms with E-state index in [1.165, 1.54) is 38.5 Å². The second-order valence-electron chi connectivity index (χ2n) is 8.82. The molecule has 1 aromatic carbocycles. The van der Waals surface area contributed by atoms with E-state index in [1.54, 1.807) is 6.92 Å². The second kappa shape index (κ2) is 6.93. The van der Waals surface area contributed by atoms with Crippen LogP contribution in [0, 0.1) is 23.2 Å². The van der Waals surface area contributed by atoms with Crippen molar-refractivity contribution in [2.45, 2.75) is 51.5 Å². The van der Waals surface area contributed by atoms with Gasteiger partial charge in [-0.25, -0.2) is 4.79 Å². The van der Waals surface area contributed by atoms with E-state index in [2.05, 4.69) is 16.0 Å². The zero-order valence-electron chi connectivity index (χ0n) is 15.5. The lowest BCUT2D eigenvalue weighted by Gasteiger charge is -2.57. The monoisotopic (exact) mass is 355 g/mol. The molecule has 5 rings (SSSR count). The number of benzene rings is 1. The standard InChI is InChI=1S/C21H29N3O2/c1-14(23-20(26)24-18-5-3-2-4-6-18)19(25)22-13-21-10-15-7-16(11-21)9-17(8-15)12-21/h2-6,14-17H,7-13H2,1H3,(H,22,25)(H2,23,24,26). The molecule has 0 heterocycles. The summed E-state index contributed by atoms with van der Waals surface area (Å²) in [5.74, 6) is 2.55. The van der Waals surface area contributed by atoms with Crippen molar-refractivity contribution in [1.29, 1.82) is 0 Å². The summed E-state index contributed by atoms with van der Waals surface area (Å²) in [6.45, 7) is 2.50. The third kappa shape index (κ3) is 3.71. The summed E-state index contributed by atoms with van der Waals surface area (Å²) in [4.78, 5) is 24.5. The molecule has 3 N–H and O–H groups in total. The van der Waals surface area contributed by atoms with Crippen LogP contribution in [0.25, 0.3) is 0 Å². The first-order chi connectivity index (χ1) is 12.5. The molecule has 1 atom stereocenters. The van der Waals surface area contributed by atoms with Gasteiger partial charge >= 0.3 is 6.03 Å². The van der Waals surface area contributed by atoms with E-state index in [9.17, 15) is 9.59 Å². The van der Waals surface area contributed by atoms with Crippen molar-refractivity contribution in [2.75, 3.05) is 11.9 Å². The molecular formula is C21H29N3O2. The molecular weight excluding hydrogens is 326 g/mol. The molecule has 4 aliphatic rings. The minimum absolute atomic E-state index is 0.0936. The summed E-state index contributed by atoms with van der Waals surface area (Å²) < 4.78 is 0. The third-order valence-corrected chi connectivity index (χ3v) is 6.58. The molecule has 4 fully saturated rings. The Morgan fingerprint density at radius 3 is 2.19 bits per heavy atom. The summed E-state index contributed by atoms with van der Waals surface area (Å²) in [7, 11) is 0. The lowest BCUT2D eigenvalue weighted by atomic mass is 9.49. The van der Waals surface area contributed by atoms with Gasteiger partial charge in [0.1, 0.15) is 6.04 Å². The molecule has 1 aromatic rings. The van der Waals surface area contributed by atoms with Crippen LogP contribution < -0.4 is 16.0 Å². The summed E-state index contributed by atoms with van der Waals surface area (Å²) in [5.41, 5.74) is 1.03. The van der Waals surface area contributed by atoms with Crippen molar-refractivity contribution >= 4 is 17.6 Å². The average Bonchev–Trinajstić information content (AvgIpc) is 2.59. The Kier molecular flexibility index (Phi) is 4.63. The number of carbonyl (C=O) groups is 2. The van der Waals surface area contributed by atoms with Gasteiger partial charge in [-0.2, -0.15) is 0 Å². The maximum absolute atomic E-state index is 12.5. The lowest BCUT2D eigenvalue weighted by molar-refractivity contribution is -0.124. The molecule has 0 spiro atoms.